The van der Waals surface area contributed by atoms with E-state index in [1.807, 2.05) is 0 Å². The second-order valence-electron chi connectivity index (χ2n) is 3.88. The monoisotopic (exact) mass is 249 g/mol. The molecule has 2 aromatic heterocycles. The standard InChI is InChI=1S/C11H11N3O4/c1-5-8-3-7(4-12-10(8)18-14-5)9(15)13-6(2)11(16)17/h3-4,6H,1-2H3,(H,13,15)(H,16,17). The zero-order valence-electron chi connectivity index (χ0n) is 9.80. The lowest BCUT2D eigenvalue weighted by Crippen LogP contribution is -2.38. The quantitative estimate of drug-likeness (QED) is 0.830. The van der Waals surface area contributed by atoms with Gasteiger partial charge in [0.05, 0.1) is 16.6 Å². The smallest absolute Gasteiger partial charge is 0.325 e. The van der Waals surface area contributed by atoms with E-state index < -0.39 is 17.9 Å². The molecule has 0 aliphatic carbocycles. The van der Waals surface area contributed by atoms with E-state index in [9.17, 15) is 9.59 Å². The minimum absolute atomic E-state index is 0.266. The highest BCUT2D eigenvalue weighted by Gasteiger charge is 2.17. The van der Waals surface area contributed by atoms with Crippen LogP contribution in [0.4, 0.5) is 0 Å². The first-order chi connectivity index (χ1) is 8.49. The van der Waals surface area contributed by atoms with Crippen LogP contribution in [0.15, 0.2) is 16.8 Å². The van der Waals surface area contributed by atoms with Crippen molar-refractivity contribution < 1.29 is 19.2 Å². The summed E-state index contributed by atoms with van der Waals surface area (Å²) in [5.41, 5.74) is 1.23. The van der Waals surface area contributed by atoms with Crippen molar-refractivity contribution in [1.82, 2.24) is 15.5 Å². The lowest BCUT2D eigenvalue weighted by molar-refractivity contribution is -0.138. The molecule has 1 atom stereocenters. The molecular weight excluding hydrogens is 238 g/mol. The highest BCUT2D eigenvalue weighted by Crippen LogP contribution is 2.16. The molecule has 18 heavy (non-hydrogen) atoms. The fourth-order valence-corrected chi connectivity index (χ4v) is 1.41. The summed E-state index contributed by atoms with van der Waals surface area (Å²) in [6.07, 6.45) is 1.32. The zero-order valence-corrected chi connectivity index (χ0v) is 9.80. The zero-order chi connectivity index (χ0) is 13.3. The predicted molar refractivity (Wildman–Crippen MR) is 61.1 cm³/mol. The number of nitrogens with one attached hydrogen (secondary N) is 1. The van der Waals surface area contributed by atoms with E-state index in [0.29, 0.717) is 16.8 Å². The number of amides is 1. The van der Waals surface area contributed by atoms with Crippen molar-refractivity contribution in [2.24, 2.45) is 0 Å². The molecule has 2 rings (SSSR count). The molecular formula is C11H11N3O4. The van der Waals surface area contributed by atoms with E-state index in [4.69, 9.17) is 9.63 Å². The summed E-state index contributed by atoms with van der Waals surface area (Å²) < 4.78 is 4.92. The van der Waals surface area contributed by atoms with Crippen molar-refractivity contribution in [3.05, 3.63) is 23.5 Å². The van der Waals surface area contributed by atoms with Crippen LogP contribution in [-0.4, -0.2) is 33.2 Å². The molecule has 7 heteroatoms. The average Bonchev–Trinajstić information content (AvgIpc) is 2.70. The first kappa shape index (κ1) is 12.0. The van der Waals surface area contributed by atoms with Gasteiger partial charge in [-0.15, -0.1) is 0 Å². The summed E-state index contributed by atoms with van der Waals surface area (Å²) in [7, 11) is 0. The van der Waals surface area contributed by atoms with Crippen molar-refractivity contribution in [1.29, 1.82) is 0 Å². The molecule has 0 fully saturated rings. The van der Waals surface area contributed by atoms with Crippen LogP contribution < -0.4 is 5.32 Å². The van der Waals surface area contributed by atoms with Gasteiger partial charge in [0.25, 0.3) is 11.6 Å². The van der Waals surface area contributed by atoms with Gasteiger partial charge in [0.1, 0.15) is 6.04 Å². The minimum atomic E-state index is -1.10. The molecule has 2 aromatic rings. The number of aromatic nitrogens is 2. The van der Waals surface area contributed by atoms with Crippen LogP contribution in [0.5, 0.6) is 0 Å². The molecule has 0 aliphatic rings. The number of aryl methyl sites for hydroxylation is 1. The lowest BCUT2D eigenvalue weighted by Gasteiger charge is -2.08. The van der Waals surface area contributed by atoms with E-state index >= 15 is 0 Å². The number of hydrogen-bond acceptors (Lipinski definition) is 5. The topological polar surface area (TPSA) is 105 Å². The largest absolute Gasteiger partial charge is 0.480 e. The maximum atomic E-state index is 11.8. The summed E-state index contributed by atoms with van der Waals surface area (Å²) >= 11 is 0. The highest BCUT2D eigenvalue weighted by atomic mass is 16.5. The molecule has 7 nitrogen and oxygen atoms in total. The molecule has 0 radical (unpaired) electrons. The molecule has 0 aliphatic heterocycles. The van der Waals surface area contributed by atoms with Crippen molar-refractivity contribution in [2.75, 3.05) is 0 Å². The van der Waals surface area contributed by atoms with Gasteiger partial charge in [-0.25, -0.2) is 4.98 Å². The number of nitrogens with zero attached hydrogens (tertiary/aromatic N) is 2. The molecule has 0 spiro atoms. The molecule has 1 amide bonds. The number of carboxylic acid groups (broad SMARTS) is 1. The van der Waals surface area contributed by atoms with Gasteiger partial charge in [0, 0.05) is 6.20 Å². The van der Waals surface area contributed by atoms with Crippen LogP contribution in [0.3, 0.4) is 0 Å². The third-order valence-electron chi connectivity index (χ3n) is 2.49. The highest BCUT2D eigenvalue weighted by molar-refractivity contribution is 5.98. The number of pyridine rings is 1. The molecule has 0 saturated carbocycles. The summed E-state index contributed by atoms with van der Waals surface area (Å²) in [6, 6.07) is 0.606. The Bertz CT molecular complexity index is 620. The van der Waals surface area contributed by atoms with Crippen LogP contribution in [0, 0.1) is 6.92 Å². The third-order valence-corrected chi connectivity index (χ3v) is 2.49. The number of carbonyl (C=O) groups excluding carboxylic acids is 1. The van der Waals surface area contributed by atoms with Crippen molar-refractivity contribution >= 4 is 23.0 Å². The Morgan fingerprint density at radius 1 is 1.50 bits per heavy atom. The number of fused-ring (bicyclic) bond motifs is 1. The first-order valence-electron chi connectivity index (χ1n) is 5.24. The van der Waals surface area contributed by atoms with Crippen molar-refractivity contribution in [2.45, 2.75) is 19.9 Å². The van der Waals surface area contributed by atoms with Crippen LogP contribution in [-0.2, 0) is 4.79 Å². The normalized spacial score (nSPS) is 12.3. The Hall–Kier alpha value is -2.44. The van der Waals surface area contributed by atoms with Gasteiger partial charge in [-0.3, -0.25) is 9.59 Å². The predicted octanol–water partition coefficient (Wildman–Crippen LogP) is 0.734. The molecule has 1 unspecified atom stereocenters. The second-order valence-corrected chi connectivity index (χ2v) is 3.88. The molecule has 2 heterocycles. The second kappa shape index (κ2) is 4.44. The van der Waals surface area contributed by atoms with Crippen LogP contribution in [0.2, 0.25) is 0 Å². The summed E-state index contributed by atoms with van der Waals surface area (Å²) in [5.74, 6) is -1.60. The Kier molecular flexibility index (Phi) is 2.97. The van der Waals surface area contributed by atoms with Gasteiger partial charge in [-0.1, -0.05) is 5.16 Å². The van der Waals surface area contributed by atoms with Gasteiger partial charge in [-0.05, 0) is 19.9 Å². The van der Waals surface area contributed by atoms with Gasteiger partial charge < -0.3 is 14.9 Å². The number of rotatable bonds is 3. The molecule has 0 bridgehead atoms. The minimum Gasteiger partial charge on any atom is -0.480 e. The summed E-state index contributed by atoms with van der Waals surface area (Å²) in [6.45, 7) is 3.12. The van der Waals surface area contributed by atoms with Crippen molar-refractivity contribution in [3.8, 4) is 0 Å². The summed E-state index contributed by atoms with van der Waals surface area (Å²) in [4.78, 5) is 26.3. The number of carbonyl (C=O) groups is 2. The van der Waals surface area contributed by atoms with E-state index in [1.165, 1.54) is 13.1 Å². The van der Waals surface area contributed by atoms with Crippen LogP contribution in [0.1, 0.15) is 23.0 Å². The SMILES string of the molecule is Cc1noc2ncc(C(=O)NC(C)C(=O)O)cc12. The maximum Gasteiger partial charge on any atom is 0.325 e. The number of aliphatic carboxylic acids is 1. The van der Waals surface area contributed by atoms with Gasteiger partial charge in [-0.2, -0.15) is 0 Å². The van der Waals surface area contributed by atoms with E-state index in [-0.39, 0.29) is 5.56 Å². The lowest BCUT2D eigenvalue weighted by atomic mass is 10.2. The fourth-order valence-electron chi connectivity index (χ4n) is 1.41. The number of hydrogen-bond donors (Lipinski definition) is 2. The van der Waals surface area contributed by atoms with E-state index in [2.05, 4.69) is 15.5 Å². The first-order valence-corrected chi connectivity index (χ1v) is 5.24. The summed E-state index contributed by atoms with van der Waals surface area (Å²) in [5, 5.41) is 15.4. The molecule has 2 N–H and O–H groups in total. The molecule has 94 valence electrons. The van der Waals surface area contributed by atoms with E-state index in [1.54, 1.807) is 13.0 Å². The van der Waals surface area contributed by atoms with Gasteiger partial charge in [0.15, 0.2) is 0 Å². The van der Waals surface area contributed by atoms with Crippen LogP contribution in [0.25, 0.3) is 11.1 Å². The Morgan fingerprint density at radius 2 is 2.22 bits per heavy atom. The third kappa shape index (κ3) is 2.15. The molecule has 0 saturated heterocycles. The maximum absolute atomic E-state index is 11.8. The van der Waals surface area contributed by atoms with Gasteiger partial charge in [0.2, 0.25) is 0 Å². The van der Waals surface area contributed by atoms with E-state index in [0.717, 1.165) is 0 Å². The number of carboxylic acids is 1. The fraction of sp³-hybridized carbons (Fsp3) is 0.273. The van der Waals surface area contributed by atoms with Crippen LogP contribution >= 0.6 is 0 Å². The Balaban J connectivity index is 2.27. The Labute approximate surface area is 102 Å². The Morgan fingerprint density at radius 3 is 2.89 bits per heavy atom. The average molecular weight is 249 g/mol. The van der Waals surface area contributed by atoms with Crippen molar-refractivity contribution in [3.63, 3.8) is 0 Å². The molecule has 0 aromatic carbocycles. The van der Waals surface area contributed by atoms with Gasteiger partial charge >= 0.3 is 5.97 Å².